The lowest BCUT2D eigenvalue weighted by atomic mass is 10.1. The molecule has 0 radical (unpaired) electrons. The van der Waals surface area contributed by atoms with Gasteiger partial charge in [0, 0.05) is 12.6 Å². The molecule has 2 rings (SSSR count). The summed E-state index contributed by atoms with van der Waals surface area (Å²) in [7, 11) is -3.73. The lowest BCUT2D eigenvalue weighted by Gasteiger charge is -2.35. The van der Waals surface area contributed by atoms with E-state index in [2.05, 4.69) is 0 Å². The summed E-state index contributed by atoms with van der Waals surface area (Å²) in [6.07, 6.45) is -0.180. The van der Waals surface area contributed by atoms with Gasteiger partial charge < -0.3 is 9.84 Å². The third-order valence-electron chi connectivity index (χ3n) is 3.60. The number of nitrogens with zero attached hydrogens (tertiary/aromatic N) is 1. The van der Waals surface area contributed by atoms with Gasteiger partial charge in [-0.3, -0.25) is 0 Å². The predicted molar refractivity (Wildman–Crippen MR) is 76.9 cm³/mol. The van der Waals surface area contributed by atoms with Crippen LogP contribution in [0.2, 0.25) is 0 Å². The smallest absolute Gasteiger partial charge is 0.335 e. The van der Waals surface area contributed by atoms with E-state index in [4.69, 9.17) is 9.84 Å². The van der Waals surface area contributed by atoms with Crippen molar-refractivity contribution >= 4 is 16.0 Å². The molecule has 0 bridgehead atoms. The maximum Gasteiger partial charge on any atom is 0.335 e. The van der Waals surface area contributed by atoms with Crippen LogP contribution in [-0.4, -0.2) is 49.1 Å². The highest BCUT2D eigenvalue weighted by atomic mass is 32.2. The zero-order chi connectivity index (χ0) is 15.8. The Labute approximate surface area is 124 Å². The molecule has 0 aliphatic carbocycles. The number of hydrogen-bond donors (Lipinski definition) is 1. The molecule has 1 saturated heterocycles. The van der Waals surface area contributed by atoms with Crippen LogP contribution in [0.15, 0.2) is 23.1 Å². The molecule has 0 amide bonds. The van der Waals surface area contributed by atoms with Gasteiger partial charge >= 0.3 is 5.97 Å². The molecule has 7 heteroatoms. The van der Waals surface area contributed by atoms with Crippen molar-refractivity contribution in [2.75, 3.05) is 13.2 Å². The lowest BCUT2D eigenvalue weighted by Crippen LogP contribution is -2.50. The van der Waals surface area contributed by atoms with Gasteiger partial charge in [0.25, 0.3) is 0 Å². The molecule has 0 spiro atoms. The largest absolute Gasteiger partial charge is 0.478 e. The van der Waals surface area contributed by atoms with E-state index in [0.717, 1.165) is 0 Å². The number of carboxylic acid groups (broad SMARTS) is 1. The molecule has 0 saturated carbocycles. The fourth-order valence-electron chi connectivity index (χ4n) is 2.34. The van der Waals surface area contributed by atoms with Crippen molar-refractivity contribution in [3.63, 3.8) is 0 Å². The van der Waals surface area contributed by atoms with Crippen molar-refractivity contribution < 1.29 is 23.1 Å². The van der Waals surface area contributed by atoms with Crippen LogP contribution in [0.3, 0.4) is 0 Å². The predicted octanol–water partition coefficient (Wildman–Crippen LogP) is 1.49. The quantitative estimate of drug-likeness (QED) is 0.914. The van der Waals surface area contributed by atoms with Gasteiger partial charge in [-0.1, -0.05) is 6.07 Å². The van der Waals surface area contributed by atoms with Gasteiger partial charge in [0.2, 0.25) is 10.0 Å². The van der Waals surface area contributed by atoms with E-state index >= 15 is 0 Å². The Kier molecular flexibility index (Phi) is 4.36. The summed E-state index contributed by atoms with van der Waals surface area (Å²) in [6, 6.07) is 3.91. The van der Waals surface area contributed by atoms with Crippen LogP contribution in [0.1, 0.15) is 29.8 Å². The molecule has 1 aliphatic rings. The zero-order valence-electron chi connectivity index (χ0n) is 12.2. The van der Waals surface area contributed by atoms with Gasteiger partial charge in [-0.15, -0.1) is 0 Å². The van der Waals surface area contributed by atoms with Crippen LogP contribution in [0.25, 0.3) is 0 Å². The minimum atomic E-state index is -3.73. The Morgan fingerprint density at radius 1 is 1.38 bits per heavy atom. The summed E-state index contributed by atoms with van der Waals surface area (Å²) in [5.74, 6) is -1.13. The van der Waals surface area contributed by atoms with E-state index in [1.165, 1.54) is 22.5 Å². The lowest BCUT2D eigenvalue weighted by molar-refractivity contribution is -0.0170. The normalized spacial score (nSPS) is 24.0. The molecule has 21 heavy (non-hydrogen) atoms. The van der Waals surface area contributed by atoms with E-state index in [1.54, 1.807) is 13.8 Å². The van der Waals surface area contributed by atoms with Crippen molar-refractivity contribution in [1.29, 1.82) is 0 Å². The molecule has 2 unspecified atom stereocenters. The summed E-state index contributed by atoms with van der Waals surface area (Å²) < 4.78 is 32.2. The Balaban J connectivity index is 2.44. The number of morpholine rings is 1. The topological polar surface area (TPSA) is 83.9 Å². The molecule has 1 fully saturated rings. The molecule has 1 N–H and O–H groups in total. The fourth-order valence-corrected chi connectivity index (χ4v) is 4.05. The molecular formula is C14H19NO5S. The van der Waals surface area contributed by atoms with Crippen LogP contribution in [0, 0.1) is 6.92 Å². The number of hydrogen-bond acceptors (Lipinski definition) is 4. The highest BCUT2D eigenvalue weighted by Gasteiger charge is 2.34. The summed E-state index contributed by atoms with van der Waals surface area (Å²) in [5.41, 5.74) is 0.537. The van der Waals surface area contributed by atoms with E-state index in [9.17, 15) is 13.2 Å². The van der Waals surface area contributed by atoms with Gasteiger partial charge in [0.05, 0.1) is 23.2 Å². The molecule has 6 nitrogen and oxygen atoms in total. The van der Waals surface area contributed by atoms with Crippen LogP contribution in [0.4, 0.5) is 0 Å². The molecular weight excluding hydrogens is 294 g/mol. The number of aromatic carboxylic acids is 1. The Hall–Kier alpha value is -1.44. The number of benzene rings is 1. The van der Waals surface area contributed by atoms with Crippen molar-refractivity contribution in [3.8, 4) is 0 Å². The van der Waals surface area contributed by atoms with Crippen molar-refractivity contribution in [2.45, 2.75) is 37.8 Å². The third-order valence-corrected chi connectivity index (χ3v) is 5.57. The van der Waals surface area contributed by atoms with Crippen molar-refractivity contribution in [3.05, 3.63) is 29.3 Å². The maximum absolute atomic E-state index is 12.7. The Morgan fingerprint density at radius 3 is 2.67 bits per heavy atom. The van der Waals surface area contributed by atoms with Crippen molar-refractivity contribution in [2.24, 2.45) is 0 Å². The molecule has 1 aliphatic heterocycles. The Morgan fingerprint density at radius 2 is 2.05 bits per heavy atom. The second kappa shape index (κ2) is 5.75. The number of aryl methyl sites for hydroxylation is 1. The van der Waals surface area contributed by atoms with Gasteiger partial charge in [-0.2, -0.15) is 4.31 Å². The van der Waals surface area contributed by atoms with Gasteiger partial charge in [-0.05, 0) is 38.5 Å². The molecule has 1 aromatic rings. The van der Waals surface area contributed by atoms with Crippen molar-refractivity contribution in [1.82, 2.24) is 4.31 Å². The second-order valence-corrected chi connectivity index (χ2v) is 7.24. The van der Waals surface area contributed by atoms with Gasteiger partial charge in [0.15, 0.2) is 0 Å². The Bertz CT molecular complexity index is 655. The first-order chi connectivity index (χ1) is 9.73. The zero-order valence-corrected chi connectivity index (χ0v) is 13.1. The monoisotopic (exact) mass is 313 g/mol. The highest BCUT2D eigenvalue weighted by molar-refractivity contribution is 7.89. The summed E-state index contributed by atoms with van der Waals surface area (Å²) in [6.45, 7) is 5.82. The minimum Gasteiger partial charge on any atom is -0.478 e. The van der Waals surface area contributed by atoms with Crippen LogP contribution < -0.4 is 0 Å². The van der Waals surface area contributed by atoms with E-state index in [1.807, 2.05) is 6.92 Å². The summed E-state index contributed by atoms with van der Waals surface area (Å²) >= 11 is 0. The molecule has 1 heterocycles. The molecule has 0 aromatic heterocycles. The number of carboxylic acids is 1. The highest BCUT2D eigenvalue weighted by Crippen LogP contribution is 2.24. The summed E-state index contributed by atoms with van der Waals surface area (Å²) in [4.78, 5) is 11.2. The van der Waals surface area contributed by atoms with Crippen LogP contribution >= 0.6 is 0 Å². The molecule has 1 aromatic carbocycles. The first-order valence-electron chi connectivity index (χ1n) is 6.71. The second-order valence-electron chi connectivity index (χ2n) is 5.35. The first kappa shape index (κ1) is 15.9. The van der Waals surface area contributed by atoms with Crippen LogP contribution in [-0.2, 0) is 14.8 Å². The fraction of sp³-hybridized carbons (Fsp3) is 0.500. The SMILES string of the molecule is Cc1ccc(S(=O)(=O)N2CC(C)OCC2C)cc1C(=O)O. The number of ether oxygens (including phenoxy) is 1. The number of carbonyl (C=O) groups is 1. The van der Waals surface area contributed by atoms with E-state index in [0.29, 0.717) is 12.2 Å². The molecule has 2 atom stereocenters. The minimum absolute atomic E-state index is 0.00466. The standard InChI is InChI=1S/C14H19NO5S/c1-9-4-5-12(6-13(9)14(16)17)21(18,19)15-7-11(3)20-8-10(15)2/h4-6,10-11H,7-8H2,1-3H3,(H,16,17). The first-order valence-corrected chi connectivity index (χ1v) is 8.15. The summed E-state index contributed by atoms with van der Waals surface area (Å²) in [5, 5.41) is 9.13. The van der Waals surface area contributed by atoms with Gasteiger partial charge in [-0.25, -0.2) is 13.2 Å². The molecule has 116 valence electrons. The van der Waals surface area contributed by atoms with Crippen LogP contribution in [0.5, 0.6) is 0 Å². The van der Waals surface area contributed by atoms with Gasteiger partial charge in [0.1, 0.15) is 0 Å². The average molecular weight is 313 g/mol. The average Bonchev–Trinajstić information content (AvgIpc) is 2.41. The maximum atomic E-state index is 12.7. The van der Waals surface area contributed by atoms with E-state index in [-0.39, 0.29) is 29.1 Å². The van der Waals surface area contributed by atoms with E-state index < -0.39 is 16.0 Å². The number of sulfonamides is 1. The third kappa shape index (κ3) is 3.09. The number of rotatable bonds is 3.